The van der Waals surface area contributed by atoms with Crippen molar-refractivity contribution >= 4 is 6.09 Å². The Hall–Kier alpha value is -4.09. The molecule has 3 aromatic carbocycles. The summed E-state index contributed by atoms with van der Waals surface area (Å²) in [6.07, 6.45) is -0.0979. The molecule has 0 unspecified atom stereocenters. The lowest BCUT2D eigenvalue weighted by Crippen LogP contribution is -2.26. The summed E-state index contributed by atoms with van der Waals surface area (Å²) >= 11 is 0. The number of fused-ring (bicyclic) bond motifs is 3. The minimum Gasteiger partial charge on any atom is -0.449 e. The Kier molecular flexibility index (Phi) is 5.96. The fourth-order valence-electron chi connectivity index (χ4n) is 3.72. The number of nitriles is 1. The number of amides is 1. The molecule has 152 valence electrons. The molecule has 5 heteroatoms. The summed E-state index contributed by atoms with van der Waals surface area (Å²) in [6, 6.07) is 22.3. The molecular weight excluding hydrogens is 391 g/mol. The van der Waals surface area contributed by atoms with Gasteiger partial charge in [-0.05, 0) is 40.5 Å². The first-order chi connectivity index (χ1) is 15.2. The molecule has 0 bridgehead atoms. The third kappa shape index (κ3) is 4.42. The molecule has 3 aromatic rings. The van der Waals surface area contributed by atoms with Crippen LogP contribution in [0.2, 0.25) is 0 Å². The zero-order valence-corrected chi connectivity index (χ0v) is 16.7. The first-order valence-electron chi connectivity index (χ1n) is 9.94. The van der Waals surface area contributed by atoms with Crippen LogP contribution in [0.15, 0.2) is 66.7 Å². The molecule has 31 heavy (non-hydrogen) atoms. The molecule has 0 saturated carbocycles. The number of hydrogen-bond acceptors (Lipinski definition) is 3. The summed E-state index contributed by atoms with van der Waals surface area (Å²) < 4.78 is 19.0. The Morgan fingerprint density at radius 3 is 2.35 bits per heavy atom. The van der Waals surface area contributed by atoms with Gasteiger partial charge in [-0.1, -0.05) is 60.4 Å². The molecule has 0 aromatic heterocycles. The van der Waals surface area contributed by atoms with E-state index in [1.165, 1.54) is 23.3 Å². The Morgan fingerprint density at radius 1 is 1.03 bits per heavy atom. The van der Waals surface area contributed by atoms with Crippen molar-refractivity contribution in [3.8, 4) is 29.0 Å². The van der Waals surface area contributed by atoms with Crippen molar-refractivity contribution in [1.82, 2.24) is 5.32 Å². The second-order valence-electron chi connectivity index (χ2n) is 7.11. The van der Waals surface area contributed by atoms with Crippen LogP contribution in [0.3, 0.4) is 0 Å². The van der Waals surface area contributed by atoms with Crippen LogP contribution < -0.4 is 5.32 Å². The van der Waals surface area contributed by atoms with E-state index in [0.29, 0.717) is 18.5 Å². The third-order valence-corrected chi connectivity index (χ3v) is 5.19. The Morgan fingerprint density at radius 2 is 1.71 bits per heavy atom. The van der Waals surface area contributed by atoms with Gasteiger partial charge in [0.1, 0.15) is 18.5 Å². The van der Waals surface area contributed by atoms with Crippen molar-refractivity contribution in [3.63, 3.8) is 0 Å². The van der Waals surface area contributed by atoms with Gasteiger partial charge in [-0.25, -0.2) is 9.18 Å². The first kappa shape index (κ1) is 20.2. The van der Waals surface area contributed by atoms with Crippen LogP contribution in [-0.2, 0) is 4.74 Å². The van der Waals surface area contributed by atoms with E-state index in [1.54, 1.807) is 12.1 Å². The van der Waals surface area contributed by atoms with E-state index in [2.05, 4.69) is 41.4 Å². The number of rotatable bonds is 4. The molecule has 0 aliphatic heterocycles. The summed E-state index contributed by atoms with van der Waals surface area (Å²) in [5.74, 6) is 5.12. The maximum Gasteiger partial charge on any atom is 0.407 e. The topological polar surface area (TPSA) is 62.1 Å². The molecular formula is C26H19FN2O2. The SMILES string of the molecule is N#Cc1ccc(C#CCCNC(=O)OCC2c3ccccc3-c3ccccc32)cc1F. The van der Waals surface area contributed by atoms with Gasteiger partial charge in [0.25, 0.3) is 0 Å². The molecule has 1 N–H and O–H groups in total. The number of carbonyl (C=O) groups is 1. The molecule has 1 amide bonds. The smallest absolute Gasteiger partial charge is 0.407 e. The van der Waals surface area contributed by atoms with Crippen LogP contribution in [0.25, 0.3) is 11.1 Å². The van der Waals surface area contributed by atoms with Crippen molar-refractivity contribution in [2.75, 3.05) is 13.2 Å². The van der Waals surface area contributed by atoms with Crippen molar-refractivity contribution in [2.45, 2.75) is 12.3 Å². The average molecular weight is 410 g/mol. The molecule has 4 nitrogen and oxygen atoms in total. The zero-order valence-electron chi connectivity index (χ0n) is 16.7. The van der Waals surface area contributed by atoms with E-state index in [4.69, 9.17) is 10.00 Å². The third-order valence-electron chi connectivity index (χ3n) is 5.19. The number of carbonyl (C=O) groups excluding carboxylic acids is 1. The highest BCUT2D eigenvalue weighted by Crippen LogP contribution is 2.44. The number of nitrogens with one attached hydrogen (secondary N) is 1. The average Bonchev–Trinajstić information content (AvgIpc) is 3.11. The van der Waals surface area contributed by atoms with Crippen LogP contribution in [-0.4, -0.2) is 19.2 Å². The molecule has 0 radical (unpaired) electrons. The number of hydrogen-bond donors (Lipinski definition) is 1. The number of ether oxygens (including phenoxy) is 1. The van der Waals surface area contributed by atoms with Crippen molar-refractivity contribution < 1.29 is 13.9 Å². The summed E-state index contributed by atoms with van der Waals surface area (Å²) in [5, 5.41) is 11.4. The predicted octanol–water partition coefficient (Wildman–Crippen LogP) is 4.98. The molecule has 0 spiro atoms. The highest BCUT2D eigenvalue weighted by molar-refractivity contribution is 5.79. The Bertz CT molecular complexity index is 1190. The van der Waals surface area contributed by atoms with Crippen LogP contribution in [0.1, 0.15) is 34.6 Å². The van der Waals surface area contributed by atoms with E-state index >= 15 is 0 Å². The van der Waals surface area contributed by atoms with Crippen LogP contribution in [0.5, 0.6) is 0 Å². The zero-order chi connectivity index (χ0) is 21.6. The highest BCUT2D eigenvalue weighted by atomic mass is 19.1. The van der Waals surface area contributed by atoms with Gasteiger partial charge in [0.05, 0.1) is 5.56 Å². The quantitative estimate of drug-likeness (QED) is 0.488. The van der Waals surface area contributed by atoms with Crippen molar-refractivity contribution in [1.29, 1.82) is 5.26 Å². The molecule has 0 saturated heterocycles. The normalized spacial score (nSPS) is 11.5. The van der Waals surface area contributed by atoms with Gasteiger partial charge in [-0.15, -0.1) is 0 Å². The van der Waals surface area contributed by atoms with Crippen molar-refractivity contribution in [3.05, 3.63) is 94.8 Å². The monoisotopic (exact) mass is 410 g/mol. The maximum absolute atomic E-state index is 13.6. The Balaban J connectivity index is 1.28. The van der Waals surface area contributed by atoms with E-state index in [-0.39, 0.29) is 18.1 Å². The van der Waals surface area contributed by atoms with E-state index in [1.807, 2.05) is 24.3 Å². The van der Waals surface area contributed by atoms with Crippen molar-refractivity contribution in [2.24, 2.45) is 0 Å². The molecule has 0 heterocycles. The van der Waals surface area contributed by atoms with Gasteiger partial charge in [-0.2, -0.15) is 5.26 Å². The number of benzene rings is 3. The highest BCUT2D eigenvalue weighted by Gasteiger charge is 2.28. The number of nitrogens with zero attached hydrogens (tertiary/aromatic N) is 1. The Labute approximate surface area is 180 Å². The lowest BCUT2D eigenvalue weighted by atomic mass is 9.98. The molecule has 1 aliphatic carbocycles. The van der Waals surface area contributed by atoms with Gasteiger partial charge >= 0.3 is 6.09 Å². The standard InChI is InChI=1S/C26H19FN2O2/c27-25-15-18(12-13-19(25)16-28)7-5-6-14-29-26(30)31-17-24-22-10-3-1-8-20(22)21-9-2-4-11-23(21)24/h1-4,8-13,15,24H,6,14,17H2,(H,29,30). The molecule has 1 aliphatic rings. The van der Waals surface area contributed by atoms with Crippen LogP contribution in [0.4, 0.5) is 9.18 Å². The number of alkyl carbamates (subject to hydrolysis) is 1. The van der Waals surface area contributed by atoms with Gasteiger partial charge in [0, 0.05) is 24.4 Å². The van der Waals surface area contributed by atoms with E-state index in [9.17, 15) is 9.18 Å². The molecule has 0 atom stereocenters. The van der Waals surface area contributed by atoms with Gasteiger partial charge in [0.15, 0.2) is 0 Å². The first-order valence-corrected chi connectivity index (χ1v) is 9.94. The van der Waals surface area contributed by atoms with Gasteiger partial charge in [-0.3, -0.25) is 0 Å². The predicted molar refractivity (Wildman–Crippen MR) is 116 cm³/mol. The fourth-order valence-corrected chi connectivity index (χ4v) is 3.72. The molecule has 4 rings (SSSR count). The summed E-state index contributed by atoms with van der Waals surface area (Å²) in [7, 11) is 0. The lowest BCUT2D eigenvalue weighted by Gasteiger charge is -2.14. The van der Waals surface area contributed by atoms with Gasteiger partial charge < -0.3 is 10.1 Å². The lowest BCUT2D eigenvalue weighted by molar-refractivity contribution is 0.143. The second kappa shape index (κ2) is 9.15. The maximum atomic E-state index is 13.6. The van der Waals surface area contributed by atoms with Crippen LogP contribution >= 0.6 is 0 Å². The minimum absolute atomic E-state index is 0.0116. The minimum atomic E-state index is -0.592. The summed E-state index contributed by atoms with van der Waals surface area (Å²) in [4.78, 5) is 12.1. The number of halogens is 1. The van der Waals surface area contributed by atoms with E-state index < -0.39 is 11.9 Å². The largest absolute Gasteiger partial charge is 0.449 e. The van der Waals surface area contributed by atoms with E-state index in [0.717, 1.165) is 11.1 Å². The van der Waals surface area contributed by atoms with Gasteiger partial charge in [0.2, 0.25) is 0 Å². The summed E-state index contributed by atoms with van der Waals surface area (Å²) in [6.45, 7) is 0.582. The van der Waals surface area contributed by atoms with Crippen LogP contribution in [0, 0.1) is 29.0 Å². The molecule has 0 fully saturated rings. The second-order valence-corrected chi connectivity index (χ2v) is 7.11. The fraction of sp³-hybridized carbons (Fsp3) is 0.154. The summed E-state index contributed by atoms with van der Waals surface area (Å²) in [5.41, 5.74) is 5.16.